The number of allylic oxidation sites excluding steroid dienone is 3. The van der Waals surface area contributed by atoms with Crippen LogP contribution in [0.3, 0.4) is 0 Å². The van der Waals surface area contributed by atoms with E-state index < -0.39 is 20.0 Å². The molecule has 0 aliphatic carbocycles. The van der Waals surface area contributed by atoms with Crippen LogP contribution < -0.4 is 10.2 Å². The van der Waals surface area contributed by atoms with Crippen LogP contribution in [0.5, 0.6) is 0 Å². The number of carbonyl (C=O) groups excluding carboxylic acids is 2. The van der Waals surface area contributed by atoms with E-state index in [9.17, 15) is 19.0 Å². The summed E-state index contributed by atoms with van der Waals surface area (Å²) in [5.74, 6) is -0.523. The summed E-state index contributed by atoms with van der Waals surface area (Å²) in [4.78, 5) is 40.2. The predicted octanol–water partition coefficient (Wildman–Crippen LogP) is 22.6. The molecule has 0 spiro atoms. The Kier molecular flexibility index (Phi) is 62.4. The van der Waals surface area contributed by atoms with Crippen molar-refractivity contribution in [3.63, 3.8) is 0 Å². The highest BCUT2D eigenvalue weighted by atomic mass is 31.2. The van der Waals surface area contributed by atoms with Crippen molar-refractivity contribution < 1.29 is 37.3 Å². The van der Waals surface area contributed by atoms with Crippen molar-refractivity contribution in [1.29, 1.82) is 0 Å². The van der Waals surface area contributed by atoms with Crippen LogP contribution in [0.4, 0.5) is 0 Å². The number of unbranched alkanes of at least 4 members (excludes halogenated alkanes) is 50. The van der Waals surface area contributed by atoms with Crippen molar-refractivity contribution in [2.24, 2.45) is 0 Å². The largest absolute Gasteiger partial charge is 0.756 e. The van der Waals surface area contributed by atoms with Gasteiger partial charge in [0.1, 0.15) is 19.3 Å². The molecule has 0 radical (unpaired) electrons. The van der Waals surface area contributed by atoms with Gasteiger partial charge in [-0.25, -0.2) is 0 Å². The van der Waals surface area contributed by atoms with Crippen LogP contribution in [-0.4, -0.2) is 69.4 Å². The number of phosphoric acid groups is 1. The number of phosphoric ester groups is 1. The van der Waals surface area contributed by atoms with Crippen molar-refractivity contribution >= 4 is 19.7 Å². The second-order valence-electron chi connectivity index (χ2n) is 26.5. The number of nitrogens with one attached hydrogen (secondary N) is 1. The number of carbonyl (C=O) groups is 2. The Morgan fingerprint density at radius 1 is 0.410 bits per heavy atom. The smallest absolute Gasteiger partial charge is 0.306 e. The number of ether oxygens (including phenoxy) is 1. The number of hydrogen-bond acceptors (Lipinski definition) is 7. The number of likely N-dealkylation sites (N-methyl/N-ethyl adjacent to an activating group) is 1. The highest BCUT2D eigenvalue weighted by Gasteiger charge is 2.27. The van der Waals surface area contributed by atoms with Crippen molar-refractivity contribution in [3.8, 4) is 0 Å². The molecule has 3 atom stereocenters. The molecule has 0 aliphatic rings. The number of rotatable bonds is 68. The molecule has 0 saturated heterocycles. The van der Waals surface area contributed by atoms with Crippen LogP contribution in [0.1, 0.15) is 380 Å². The summed E-state index contributed by atoms with van der Waals surface area (Å²) in [5, 5.41) is 3.05. The van der Waals surface area contributed by atoms with Crippen LogP contribution in [-0.2, 0) is 27.9 Å². The van der Waals surface area contributed by atoms with Gasteiger partial charge in [0.05, 0.1) is 33.8 Å². The lowest BCUT2D eigenvalue weighted by molar-refractivity contribution is -0.870. The van der Waals surface area contributed by atoms with Crippen molar-refractivity contribution in [2.45, 2.75) is 392 Å². The zero-order valence-electron chi connectivity index (χ0n) is 56.4. The molecule has 1 N–H and O–H groups in total. The first kappa shape index (κ1) is 81.5. The third-order valence-corrected chi connectivity index (χ3v) is 17.8. The minimum Gasteiger partial charge on any atom is -0.756 e. The van der Waals surface area contributed by atoms with Crippen LogP contribution in [0.15, 0.2) is 24.3 Å². The van der Waals surface area contributed by atoms with Crippen LogP contribution in [0.2, 0.25) is 0 Å². The average Bonchev–Trinajstić information content (AvgIpc) is 3.46. The first-order chi connectivity index (χ1) is 40.4. The minimum absolute atomic E-state index is 0.0193. The highest BCUT2D eigenvalue weighted by Crippen LogP contribution is 2.38. The molecule has 83 heavy (non-hydrogen) atoms. The summed E-state index contributed by atoms with van der Waals surface area (Å²) >= 11 is 0. The Balaban J connectivity index is 4.98. The molecule has 0 saturated carbocycles. The first-order valence-corrected chi connectivity index (χ1v) is 38.1. The number of esters is 1. The SMILES string of the molecule is CCCCCCCC/C=C/CCCCCCCCCC(=O)NC(COP(=O)([O-])OCC[N+](C)(C)C)C(/C=C\CCCCCCCCCCCCC)OC(=O)CCCCCCCCCCCCCCCCCCCCCCCCCCCCC. The second kappa shape index (κ2) is 63.5. The Bertz CT molecular complexity index is 1470. The molecule has 0 bridgehead atoms. The number of amides is 1. The molecule has 0 aliphatic heterocycles. The highest BCUT2D eigenvalue weighted by molar-refractivity contribution is 7.45. The molecule has 9 nitrogen and oxygen atoms in total. The fraction of sp³-hybridized carbons (Fsp3) is 0.918. The molecule has 0 heterocycles. The normalized spacial score (nSPS) is 13.6. The van der Waals surface area contributed by atoms with Crippen LogP contribution >= 0.6 is 7.82 Å². The number of quaternary nitrogens is 1. The van der Waals surface area contributed by atoms with E-state index in [0.29, 0.717) is 17.4 Å². The molecule has 10 heteroatoms. The molecular formula is C73H143N2O7P. The average molecular weight is 1190 g/mol. The Labute approximate surface area is 517 Å². The van der Waals surface area contributed by atoms with E-state index in [-0.39, 0.29) is 31.5 Å². The second-order valence-corrected chi connectivity index (χ2v) is 27.9. The molecule has 0 aromatic carbocycles. The third kappa shape index (κ3) is 64.8. The lowest BCUT2D eigenvalue weighted by atomic mass is 10.0. The molecular weight excluding hydrogens is 1050 g/mol. The van der Waals surface area contributed by atoms with Gasteiger partial charge in [0.2, 0.25) is 5.91 Å². The van der Waals surface area contributed by atoms with Gasteiger partial charge in [-0.1, -0.05) is 334 Å². The van der Waals surface area contributed by atoms with E-state index >= 15 is 0 Å². The minimum atomic E-state index is -4.70. The maximum Gasteiger partial charge on any atom is 0.306 e. The predicted molar refractivity (Wildman–Crippen MR) is 358 cm³/mol. The summed E-state index contributed by atoms with van der Waals surface area (Å²) < 4.78 is 30.5. The quantitative estimate of drug-likeness (QED) is 0.0212. The molecule has 0 aromatic rings. The topological polar surface area (TPSA) is 114 Å². The van der Waals surface area contributed by atoms with Gasteiger partial charge >= 0.3 is 5.97 Å². The lowest BCUT2D eigenvalue weighted by Gasteiger charge is -2.30. The van der Waals surface area contributed by atoms with Crippen LogP contribution in [0, 0.1) is 0 Å². The maximum absolute atomic E-state index is 13.6. The third-order valence-electron chi connectivity index (χ3n) is 16.9. The standard InChI is InChI=1S/C73H143N2O7P/c1-7-10-13-16-19-22-25-28-30-32-33-34-35-36-37-38-39-40-41-43-45-48-51-54-57-60-63-66-73(77)82-71(64-61-58-55-52-49-46-27-24-21-18-15-12-9-3)70(69-81-83(78,79)80-68-67-75(4,5)6)74-72(76)65-62-59-56-53-50-47-44-42-31-29-26-23-20-17-14-11-8-2/h29,31,61,64,70-71H,7-28,30,32-60,62-63,65-69H2,1-6H3,(H-,74,76,78,79)/b31-29+,64-61-. The van der Waals surface area contributed by atoms with Gasteiger partial charge in [0.25, 0.3) is 7.82 Å². The van der Waals surface area contributed by atoms with Gasteiger partial charge in [0.15, 0.2) is 0 Å². The molecule has 1 amide bonds. The molecule has 0 rings (SSSR count). The van der Waals surface area contributed by atoms with E-state index in [2.05, 4.69) is 38.2 Å². The van der Waals surface area contributed by atoms with Gasteiger partial charge in [-0.2, -0.15) is 0 Å². The zero-order valence-corrected chi connectivity index (χ0v) is 57.3. The summed E-state index contributed by atoms with van der Waals surface area (Å²) in [5.41, 5.74) is 0. The van der Waals surface area contributed by atoms with Gasteiger partial charge in [0, 0.05) is 12.8 Å². The molecule has 0 aromatic heterocycles. The molecule has 0 fully saturated rings. The van der Waals surface area contributed by atoms with Gasteiger partial charge in [-0.05, 0) is 57.4 Å². The first-order valence-electron chi connectivity index (χ1n) is 36.6. The zero-order chi connectivity index (χ0) is 60.7. The van der Waals surface area contributed by atoms with Gasteiger partial charge in [-0.15, -0.1) is 0 Å². The Hall–Kier alpha value is -1.51. The number of nitrogens with zero attached hydrogens (tertiary/aromatic N) is 1. The Morgan fingerprint density at radius 2 is 0.699 bits per heavy atom. The van der Waals surface area contributed by atoms with Crippen molar-refractivity contribution in [2.75, 3.05) is 40.9 Å². The summed E-state index contributed by atoms with van der Waals surface area (Å²) in [7, 11) is 1.20. The van der Waals surface area contributed by atoms with E-state index in [1.165, 1.54) is 276 Å². The van der Waals surface area contributed by atoms with Gasteiger partial charge < -0.3 is 28.5 Å². The van der Waals surface area contributed by atoms with Crippen molar-refractivity contribution in [3.05, 3.63) is 24.3 Å². The summed E-state index contributed by atoms with van der Waals surface area (Å²) in [6.07, 6.45) is 77.4. The van der Waals surface area contributed by atoms with Crippen LogP contribution in [0.25, 0.3) is 0 Å². The fourth-order valence-corrected chi connectivity index (χ4v) is 12.0. The van der Waals surface area contributed by atoms with Gasteiger partial charge in [-0.3, -0.25) is 14.2 Å². The Morgan fingerprint density at radius 3 is 1.02 bits per heavy atom. The van der Waals surface area contributed by atoms with E-state index in [0.717, 1.165) is 70.6 Å². The molecule has 3 unspecified atom stereocenters. The number of hydrogen-bond donors (Lipinski definition) is 1. The van der Waals surface area contributed by atoms with E-state index in [1.807, 2.05) is 33.3 Å². The van der Waals surface area contributed by atoms with E-state index in [4.69, 9.17) is 13.8 Å². The summed E-state index contributed by atoms with van der Waals surface area (Å²) in [6.45, 7) is 6.91. The van der Waals surface area contributed by atoms with E-state index in [1.54, 1.807) is 0 Å². The van der Waals surface area contributed by atoms with Crippen molar-refractivity contribution in [1.82, 2.24) is 5.32 Å². The lowest BCUT2D eigenvalue weighted by Crippen LogP contribution is -2.47. The fourth-order valence-electron chi connectivity index (χ4n) is 11.2. The summed E-state index contributed by atoms with van der Waals surface area (Å²) in [6, 6.07) is -0.886. The maximum atomic E-state index is 13.6. The monoisotopic (exact) mass is 1190 g/mol. The molecule has 492 valence electrons.